The van der Waals surface area contributed by atoms with Crippen molar-refractivity contribution in [2.24, 2.45) is 5.92 Å². The highest BCUT2D eigenvalue weighted by Crippen LogP contribution is 2.31. The molecule has 1 saturated heterocycles. The first kappa shape index (κ1) is 19.6. The molecule has 1 fully saturated rings. The number of piperidine rings is 1. The van der Waals surface area contributed by atoms with Crippen LogP contribution < -0.4 is 10.1 Å². The summed E-state index contributed by atoms with van der Waals surface area (Å²) in [7, 11) is 0. The van der Waals surface area contributed by atoms with E-state index in [0.717, 1.165) is 0 Å². The first-order valence-electron chi connectivity index (χ1n) is 9.57. The average Bonchev–Trinajstić information content (AvgIpc) is 2.77. The third kappa shape index (κ3) is 3.73. The Balaban J connectivity index is 1.43. The number of para-hydroxylation sites is 1. The van der Waals surface area contributed by atoms with Gasteiger partial charge in [0.2, 0.25) is 0 Å². The lowest BCUT2D eigenvalue weighted by molar-refractivity contribution is -0.385. The van der Waals surface area contributed by atoms with Gasteiger partial charge in [-0.3, -0.25) is 24.5 Å². The number of likely N-dealkylation sites (tertiary alicyclic amines) is 1. The van der Waals surface area contributed by atoms with E-state index in [4.69, 9.17) is 4.74 Å². The highest BCUT2D eigenvalue weighted by Gasteiger charge is 2.31. The predicted molar refractivity (Wildman–Crippen MR) is 107 cm³/mol. The van der Waals surface area contributed by atoms with Gasteiger partial charge in [0.15, 0.2) is 12.4 Å². The number of ketones is 1. The van der Waals surface area contributed by atoms with Crippen molar-refractivity contribution in [3.05, 3.63) is 63.7 Å². The number of anilines is 1. The van der Waals surface area contributed by atoms with E-state index < -0.39 is 10.8 Å². The molecule has 2 aromatic rings. The monoisotopic (exact) mass is 409 g/mol. The maximum Gasteiger partial charge on any atom is 0.282 e. The molecular weight excluding hydrogens is 390 g/mol. The van der Waals surface area contributed by atoms with Crippen molar-refractivity contribution in [1.82, 2.24) is 4.90 Å². The van der Waals surface area contributed by atoms with Crippen LogP contribution in [0.3, 0.4) is 0 Å². The number of nitro groups is 1. The van der Waals surface area contributed by atoms with Crippen LogP contribution in [0.15, 0.2) is 42.5 Å². The third-order valence-electron chi connectivity index (χ3n) is 5.38. The molecule has 0 spiro atoms. The summed E-state index contributed by atoms with van der Waals surface area (Å²) in [6, 6.07) is 10.8. The van der Waals surface area contributed by atoms with Gasteiger partial charge in [-0.25, -0.2) is 0 Å². The molecule has 2 heterocycles. The van der Waals surface area contributed by atoms with Crippen LogP contribution in [0.2, 0.25) is 0 Å². The smallest absolute Gasteiger partial charge is 0.282 e. The fourth-order valence-electron chi connectivity index (χ4n) is 3.80. The number of rotatable bonds is 4. The summed E-state index contributed by atoms with van der Waals surface area (Å²) in [5, 5.41) is 13.9. The van der Waals surface area contributed by atoms with Crippen LogP contribution in [0.4, 0.5) is 11.4 Å². The van der Waals surface area contributed by atoms with E-state index >= 15 is 0 Å². The van der Waals surface area contributed by atoms with Crippen LogP contribution in [0, 0.1) is 16.0 Å². The molecule has 4 rings (SSSR count). The van der Waals surface area contributed by atoms with E-state index in [9.17, 15) is 24.5 Å². The highest BCUT2D eigenvalue weighted by atomic mass is 16.6. The minimum absolute atomic E-state index is 0.0492. The largest absolute Gasteiger partial charge is 0.482 e. The first-order valence-corrected chi connectivity index (χ1v) is 9.57. The maximum atomic E-state index is 12.9. The van der Waals surface area contributed by atoms with Gasteiger partial charge in [0.25, 0.3) is 17.5 Å². The van der Waals surface area contributed by atoms with Crippen LogP contribution in [0.1, 0.15) is 33.6 Å². The predicted octanol–water partition coefficient (Wildman–Crippen LogP) is 2.66. The second-order valence-corrected chi connectivity index (χ2v) is 7.25. The number of ether oxygens (including phenoxy) is 1. The molecule has 0 unspecified atom stereocenters. The zero-order valence-corrected chi connectivity index (χ0v) is 16.0. The summed E-state index contributed by atoms with van der Waals surface area (Å²) in [6.07, 6.45) is 0.927. The number of carbonyl (C=O) groups is 3. The molecule has 9 heteroatoms. The molecule has 0 aromatic heterocycles. The van der Waals surface area contributed by atoms with Crippen LogP contribution in [0.5, 0.6) is 5.75 Å². The van der Waals surface area contributed by atoms with Crippen molar-refractivity contribution in [2.45, 2.75) is 12.8 Å². The van der Waals surface area contributed by atoms with Gasteiger partial charge < -0.3 is 15.0 Å². The summed E-state index contributed by atoms with van der Waals surface area (Å²) in [5.74, 6) is -0.472. The fraction of sp³-hybridized carbons (Fsp3) is 0.286. The van der Waals surface area contributed by atoms with E-state index in [-0.39, 0.29) is 35.5 Å². The van der Waals surface area contributed by atoms with E-state index in [1.165, 1.54) is 18.2 Å². The fourth-order valence-corrected chi connectivity index (χ4v) is 3.80. The molecule has 0 aliphatic carbocycles. The number of amides is 2. The molecule has 2 amide bonds. The summed E-state index contributed by atoms with van der Waals surface area (Å²) in [5.41, 5.74) is 0.779. The zero-order valence-electron chi connectivity index (χ0n) is 16.0. The second kappa shape index (κ2) is 7.94. The van der Waals surface area contributed by atoms with E-state index in [1.54, 1.807) is 29.2 Å². The van der Waals surface area contributed by atoms with Crippen LogP contribution in [0.25, 0.3) is 0 Å². The summed E-state index contributed by atoms with van der Waals surface area (Å²) in [4.78, 5) is 49.3. The summed E-state index contributed by atoms with van der Waals surface area (Å²) in [6.45, 7) is 0.629. The Morgan fingerprint density at radius 2 is 1.87 bits per heavy atom. The van der Waals surface area contributed by atoms with Crippen LogP contribution >= 0.6 is 0 Å². The molecule has 9 nitrogen and oxygen atoms in total. The zero-order chi connectivity index (χ0) is 21.3. The second-order valence-electron chi connectivity index (χ2n) is 7.25. The number of nitrogens with zero attached hydrogens (tertiary/aromatic N) is 2. The number of nitrogens with one attached hydrogen (secondary N) is 1. The van der Waals surface area contributed by atoms with E-state index in [2.05, 4.69) is 5.32 Å². The van der Waals surface area contributed by atoms with Crippen LogP contribution in [-0.2, 0) is 4.79 Å². The van der Waals surface area contributed by atoms with Crippen LogP contribution in [-0.4, -0.2) is 47.1 Å². The van der Waals surface area contributed by atoms with Gasteiger partial charge in [0.1, 0.15) is 11.3 Å². The van der Waals surface area contributed by atoms with Gasteiger partial charge in [-0.2, -0.15) is 0 Å². The van der Waals surface area contributed by atoms with Gasteiger partial charge in [0.05, 0.1) is 10.6 Å². The lowest BCUT2D eigenvalue weighted by atomic mass is 9.88. The van der Waals surface area contributed by atoms with Crippen molar-refractivity contribution >= 4 is 29.0 Å². The molecule has 0 bridgehead atoms. The molecule has 0 radical (unpaired) electrons. The SMILES string of the molecule is O=C1COc2ccc(C(=O)C3CCN(C(=O)c4ccccc4[N+](=O)[O-])CC3)cc2N1. The van der Waals surface area contributed by atoms with E-state index in [0.29, 0.717) is 42.9 Å². The Labute approximate surface area is 171 Å². The van der Waals surface area contributed by atoms with Gasteiger partial charge in [-0.15, -0.1) is 0 Å². The summed E-state index contributed by atoms with van der Waals surface area (Å²) >= 11 is 0. The highest BCUT2D eigenvalue weighted by molar-refractivity contribution is 6.02. The third-order valence-corrected chi connectivity index (χ3v) is 5.38. The lowest BCUT2D eigenvalue weighted by Crippen LogP contribution is -2.40. The van der Waals surface area contributed by atoms with Crippen molar-refractivity contribution in [3.8, 4) is 5.75 Å². The van der Waals surface area contributed by atoms with Gasteiger partial charge >= 0.3 is 0 Å². The van der Waals surface area contributed by atoms with Gasteiger partial charge in [0, 0.05) is 30.6 Å². The first-order chi connectivity index (χ1) is 14.4. The average molecular weight is 409 g/mol. The number of nitro benzene ring substituents is 1. The molecule has 0 saturated carbocycles. The normalized spacial score (nSPS) is 16.3. The van der Waals surface area contributed by atoms with Gasteiger partial charge in [-0.1, -0.05) is 12.1 Å². The number of benzene rings is 2. The molecule has 2 aliphatic heterocycles. The molecule has 154 valence electrons. The molecular formula is C21H19N3O6. The Bertz CT molecular complexity index is 1040. The molecule has 0 atom stereocenters. The molecule has 30 heavy (non-hydrogen) atoms. The molecule has 2 aliphatic rings. The topological polar surface area (TPSA) is 119 Å². The van der Waals surface area contributed by atoms with Crippen molar-refractivity contribution in [3.63, 3.8) is 0 Å². The molecule has 2 aromatic carbocycles. The Morgan fingerprint density at radius 1 is 1.13 bits per heavy atom. The Morgan fingerprint density at radius 3 is 2.60 bits per heavy atom. The number of hydrogen-bond donors (Lipinski definition) is 1. The Hall–Kier alpha value is -3.75. The standard InChI is InChI=1S/C21H19N3O6/c25-19-12-30-18-6-5-14(11-16(18)22-19)20(26)13-7-9-23(10-8-13)21(27)15-3-1-2-4-17(15)24(28)29/h1-6,11,13H,7-10,12H2,(H,22,25). The lowest BCUT2D eigenvalue weighted by Gasteiger charge is -2.31. The van der Waals surface area contributed by atoms with Crippen molar-refractivity contribution < 1.29 is 24.0 Å². The number of Topliss-reactive ketones (excluding diaryl/α,β-unsaturated/α-hetero) is 1. The van der Waals surface area contributed by atoms with Crippen molar-refractivity contribution in [1.29, 1.82) is 0 Å². The van der Waals surface area contributed by atoms with Gasteiger partial charge in [-0.05, 0) is 37.1 Å². The minimum atomic E-state index is -0.567. The quantitative estimate of drug-likeness (QED) is 0.471. The van der Waals surface area contributed by atoms with E-state index in [1.807, 2.05) is 0 Å². The number of fused-ring (bicyclic) bond motifs is 1. The minimum Gasteiger partial charge on any atom is -0.482 e. The molecule has 1 N–H and O–H groups in total. The maximum absolute atomic E-state index is 12.9. The number of carbonyl (C=O) groups excluding carboxylic acids is 3. The Kier molecular flexibility index (Phi) is 5.18. The summed E-state index contributed by atoms with van der Waals surface area (Å²) < 4.78 is 5.31. The number of hydrogen-bond acceptors (Lipinski definition) is 6. The van der Waals surface area contributed by atoms with Crippen molar-refractivity contribution in [2.75, 3.05) is 25.0 Å².